The highest BCUT2D eigenvalue weighted by atomic mass is 16.5. The van der Waals surface area contributed by atoms with Crippen LogP contribution in [0.25, 0.3) is 0 Å². The van der Waals surface area contributed by atoms with E-state index in [1.807, 2.05) is 18.2 Å². The number of carboxylic acids is 1. The molecule has 0 aliphatic heterocycles. The molecule has 0 aromatic heterocycles. The van der Waals surface area contributed by atoms with Crippen molar-refractivity contribution in [3.63, 3.8) is 0 Å². The van der Waals surface area contributed by atoms with E-state index in [0.29, 0.717) is 11.7 Å². The molecule has 3 heteroatoms. The molecule has 3 rings (SSSR count). The van der Waals surface area contributed by atoms with E-state index in [-0.39, 0.29) is 0 Å². The lowest BCUT2D eigenvalue weighted by Gasteiger charge is -2.28. The van der Waals surface area contributed by atoms with Crippen LogP contribution in [-0.4, -0.2) is 16.7 Å². The Hall–Kier alpha value is -2.29. The van der Waals surface area contributed by atoms with Crippen molar-refractivity contribution < 1.29 is 14.6 Å². The number of aliphatic carboxylic acids is 1. The molecule has 1 aliphatic carbocycles. The zero-order valence-electron chi connectivity index (χ0n) is 13.6. The van der Waals surface area contributed by atoms with E-state index in [0.717, 1.165) is 12.8 Å². The minimum atomic E-state index is -1.23. The Bertz CT molecular complexity index is 704. The van der Waals surface area contributed by atoms with Crippen LogP contribution in [0.15, 0.2) is 48.5 Å². The lowest BCUT2D eigenvalue weighted by molar-refractivity contribution is -0.152. The molecule has 3 nitrogen and oxygen atoms in total. The first-order valence-corrected chi connectivity index (χ1v) is 8.07. The molecule has 1 unspecified atom stereocenters. The van der Waals surface area contributed by atoms with Crippen LogP contribution in [0.1, 0.15) is 49.3 Å². The van der Waals surface area contributed by atoms with E-state index < -0.39 is 11.6 Å². The number of aryl methyl sites for hydroxylation is 1. The first-order valence-electron chi connectivity index (χ1n) is 8.07. The molecule has 2 aromatic rings. The van der Waals surface area contributed by atoms with Gasteiger partial charge in [-0.25, -0.2) is 4.79 Å². The predicted molar refractivity (Wildman–Crippen MR) is 90.0 cm³/mol. The summed E-state index contributed by atoms with van der Waals surface area (Å²) in [6.07, 6.45) is 3.36. The minimum absolute atomic E-state index is 0.358. The molecule has 0 saturated heterocycles. The largest absolute Gasteiger partial charge is 0.478 e. The fourth-order valence-electron chi connectivity index (χ4n) is 3.21. The summed E-state index contributed by atoms with van der Waals surface area (Å²) in [6, 6.07) is 16.5. The smallest absolute Gasteiger partial charge is 0.347 e. The summed E-state index contributed by atoms with van der Waals surface area (Å²) in [5.41, 5.74) is 2.68. The summed E-state index contributed by atoms with van der Waals surface area (Å²) >= 11 is 0. The fourth-order valence-corrected chi connectivity index (χ4v) is 3.21. The lowest BCUT2D eigenvalue weighted by Crippen LogP contribution is -2.37. The van der Waals surface area contributed by atoms with Crippen molar-refractivity contribution in [2.45, 2.75) is 44.6 Å². The fraction of sp³-hybridized carbons (Fsp3) is 0.350. The quantitative estimate of drug-likeness (QED) is 0.910. The van der Waals surface area contributed by atoms with Gasteiger partial charge < -0.3 is 9.84 Å². The number of fused-ring (bicyclic) bond motifs is 1. The van der Waals surface area contributed by atoms with E-state index in [1.165, 1.54) is 23.1 Å². The number of hydrogen-bond donors (Lipinski definition) is 1. The maximum Gasteiger partial charge on any atom is 0.347 e. The molecule has 0 fully saturated rings. The zero-order chi connectivity index (χ0) is 16.4. The maximum absolute atomic E-state index is 11.3. The highest BCUT2D eigenvalue weighted by molar-refractivity contribution is 5.76. The van der Waals surface area contributed by atoms with Gasteiger partial charge in [0.15, 0.2) is 5.60 Å². The predicted octanol–water partition coefficient (Wildman–Crippen LogP) is 4.40. The van der Waals surface area contributed by atoms with E-state index in [1.54, 1.807) is 13.8 Å². The second-order valence-corrected chi connectivity index (χ2v) is 6.63. The molecule has 0 radical (unpaired) electrons. The Morgan fingerprint density at radius 3 is 2.61 bits per heavy atom. The molecule has 1 N–H and O–H groups in total. The number of carbonyl (C=O) groups is 1. The first-order chi connectivity index (χ1) is 11.0. The summed E-state index contributed by atoms with van der Waals surface area (Å²) in [5.74, 6) is 0.0188. The van der Waals surface area contributed by atoms with Crippen LogP contribution in [0.4, 0.5) is 0 Å². The van der Waals surface area contributed by atoms with E-state index >= 15 is 0 Å². The Kier molecular flexibility index (Phi) is 4.12. The van der Waals surface area contributed by atoms with E-state index in [9.17, 15) is 9.90 Å². The molecule has 0 bridgehead atoms. The standard InChI is InChI=1S/C20H22O3/c1-20(2,19(21)22)23-16-12-11-15-9-6-10-17(18(15)13-16)14-7-4-3-5-8-14/h3-5,7-8,11-13,17H,6,9-10H2,1-2H3,(H,21,22). The van der Waals surface area contributed by atoms with Crippen molar-refractivity contribution >= 4 is 5.97 Å². The Balaban J connectivity index is 1.95. The van der Waals surface area contributed by atoms with Crippen molar-refractivity contribution in [3.8, 4) is 5.75 Å². The SMILES string of the molecule is CC(C)(Oc1ccc2c(c1)C(c1ccccc1)CCC2)C(=O)O. The summed E-state index contributed by atoms with van der Waals surface area (Å²) in [7, 11) is 0. The van der Waals surface area contributed by atoms with Crippen LogP contribution in [0.2, 0.25) is 0 Å². The summed E-state index contributed by atoms with van der Waals surface area (Å²) in [5, 5.41) is 9.25. The highest BCUT2D eigenvalue weighted by Gasteiger charge is 2.30. The minimum Gasteiger partial charge on any atom is -0.478 e. The second kappa shape index (κ2) is 6.07. The van der Waals surface area contributed by atoms with Gasteiger partial charge in [0.05, 0.1) is 0 Å². The summed E-state index contributed by atoms with van der Waals surface area (Å²) < 4.78 is 5.71. The van der Waals surface area contributed by atoms with Gasteiger partial charge in [-0.1, -0.05) is 36.4 Å². The van der Waals surface area contributed by atoms with Crippen LogP contribution in [-0.2, 0) is 11.2 Å². The van der Waals surface area contributed by atoms with Crippen LogP contribution >= 0.6 is 0 Å². The number of hydrogen-bond acceptors (Lipinski definition) is 2. The average Bonchev–Trinajstić information content (AvgIpc) is 2.54. The van der Waals surface area contributed by atoms with Gasteiger partial charge in [0.2, 0.25) is 0 Å². The van der Waals surface area contributed by atoms with Gasteiger partial charge in [0.25, 0.3) is 0 Å². The number of ether oxygens (including phenoxy) is 1. The Labute approximate surface area is 136 Å². The molecular weight excluding hydrogens is 288 g/mol. The van der Waals surface area contributed by atoms with Gasteiger partial charge in [0, 0.05) is 5.92 Å². The Morgan fingerprint density at radius 2 is 1.91 bits per heavy atom. The average molecular weight is 310 g/mol. The van der Waals surface area contributed by atoms with E-state index in [4.69, 9.17) is 4.74 Å². The lowest BCUT2D eigenvalue weighted by atomic mass is 9.79. The van der Waals surface area contributed by atoms with Crippen molar-refractivity contribution in [1.82, 2.24) is 0 Å². The van der Waals surface area contributed by atoms with Crippen molar-refractivity contribution in [2.75, 3.05) is 0 Å². The van der Waals surface area contributed by atoms with Gasteiger partial charge in [-0.3, -0.25) is 0 Å². The van der Waals surface area contributed by atoms with Crippen LogP contribution in [0.3, 0.4) is 0 Å². The molecule has 23 heavy (non-hydrogen) atoms. The third-order valence-electron chi connectivity index (χ3n) is 4.52. The zero-order valence-corrected chi connectivity index (χ0v) is 13.6. The topological polar surface area (TPSA) is 46.5 Å². The molecule has 0 spiro atoms. The van der Waals surface area contributed by atoms with Crippen molar-refractivity contribution in [2.24, 2.45) is 0 Å². The van der Waals surface area contributed by atoms with Crippen molar-refractivity contribution in [1.29, 1.82) is 0 Å². The maximum atomic E-state index is 11.3. The molecule has 120 valence electrons. The number of benzene rings is 2. The number of rotatable bonds is 4. The van der Waals surface area contributed by atoms with E-state index in [2.05, 4.69) is 30.3 Å². The van der Waals surface area contributed by atoms with Crippen LogP contribution < -0.4 is 4.74 Å². The third kappa shape index (κ3) is 3.24. The normalized spacial score (nSPS) is 17.4. The van der Waals surface area contributed by atoms with Crippen LogP contribution in [0.5, 0.6) is 5.75 Å². The molecule has 2 aromatic carbocycles. The molecule has 0 heterocycles. The van der Waals surface area contributed by atoms with Gasteiger partial charge in [-0.05, 0) is 61.9 Å². The van der Waals surface area contributed by atoms with Gasteiger partial charge in [-0.15, -0.1) is 0 Å². The number of carboxylic acid groups (broad SMARTS) is 1. The molecular formula is C20H22O3. The van der Waals surface area contributed by atoms with Gasteiger partial charge in [0.1, 0.15) is 5.75 Å². The monoisotopic (exact) mass is 310 g/mol. The van der Waals surface area contributed by atoms with Crippen LogP contribution in [0, 0.1) is 0 Å². The summed E-state index contributed by atoms with van der Waals surface area (Å²) in [4.78, 5) is 11.3. The molecule has 1 aliphatic rings. The molecule has 1 atom stereocenters. The van der Waals surface area contributed by atoms with Gasteiger partial charge >= 0.3 is 5.97 Å². The highest BCUT2D eigenvalue weighted by Crippen LogP contribution is 2.38. The Morgan fingerprint density at radius 1 is 1.17 bits per heavy atom. The third-order valence-corrected chi connectivity index (χ3v) is 4.52. The molecule has 0 amide bonds. The first kappa shape index (κ1) is 15.6. The van der Waals surface area contributed by atoms with Crippen molar-refractivity contribution in [3.05, 3.63) is 65.2 Å². The summed E-state index contributed by atoms with van der Waals surface area (Å²) in [6.45, 7) is 3.15. The van der Waals surface area contributed by atoms with Gasteiger partial charge in [-0.2, -0.15) is 0 Å². The molecule has 0 saturated carbocycles. The second-order valence-electron chi connectivity index (χ2n) is 6.63.